The fourth-order valence-corrected chi connectivity index (χ4v) is 1.64. The predicted molar refractivity (Wildman–Crippen MR) is 52.1 cm³/mol. The van der Waals surface area contributed by atoms with E-state index in [0.717, 1.165) is 19.4 Å². The molecule has 2 amide bonds. The van der Waals surface area contributed by atoms with Crippen LogP contribution >= 0.6 is 0 Å². The lowest BCUT2D eigenvalue weighted by molar-refractivity contribution is -0.00561. The van der Waals surface area contributed by atoms with E-state index in [-0.39, 0.29) is 18.7 Å². The quantitative estimate of drug-likeness (QED) is 0.666. The highest BCUT2D eigenvalue weighted by Gasteiger charge is 2.22. The van der Waals surface area contributed by atoms with Crippen LogP contribution in [0.5, 0.6) is 0 Å². The number of amides is 2. The number of likely N-dealkylation sites (tertiary alicyclic amines) is 1. The van der Waals surface area contributed by atoms with Crippen molar-refractivity contribution in [3.8, 4) is 0 Å². The van der Waals surface area contributed by atoms with Gasteiger partial charge in [-0.05, 0) is 12.8 Å². The van der Waals surface area contributed by atoms with E-state index in [1.807, 2.05) is 0 Å². The maximum atomic E-state index is 11.3. The molecule has 0 aromatic carbocycles. The third-order valence-electron chi connectivity index (χ3n) is 2.32. The maximum Gasteiger partial charge on any atom is 0.317 e. The smallest absolute Gasteiger partial charge is 0.317 e. The molecule has 1 fully saturated rings. The third-order valence-corrected chi connectivity index (χ3v) is 2.32. The first-order valence-electron chi connectivity index (χ1n) is 4.97. The van der Waals surface area contributed by atoms with Crippen molar-refractivity contribution >= 4 is 6.03 Å². The van der Waals surface area contributed by atoms with Crippen molar-refractivity contribution in [3.63, 3.8) is 0 Å². The van der Waals surface area contributed by atoms with Gasteiger partial charge in [-0.15, -0.1) is 0 Å². The summed E-state index contributed by atoms with van der Waals surface area (Å²) in [5.41, 5.74) is 0. The Morgan fingerprint density at radius 3 is 3.14 bits per heavy atom. The number of aliphatic hydroxyl groups is 1. The van der Waals surface area contributed by atoms with Crippen molar-refractivity contribution in [2.24, 2.45) is 0 Å². The summed E-state index contributed by atoms with van der Waals surface area (Å²) in [4.78, 5) is 13.0. The van der Waals surface area contributed by atoms with Crippen molar-refractivity contribution in [1.29, 1.82) is 0 Å². The zero-order chi connectivity index (χ0) is 10.4. The Hall–Kier alpha value is -0.810. The highest BCUT2D eigenvalue weighted by molar-refractivity contribution is 5.73. The summed E-state index contributed by atoms with van der Waals surface area (Å²) in [6.45, 7) is 1.81. The average molecular weight is 202 g/mol. The molecular weight excluding hydrogens is 184 g/mol. The summed E-state index contributed by atoms with van der Waals surface area (Å²) >= 11 is 0. The summed E-state index contributed by atoms with van der Waals surface area (Å²) in [6, 6.07) is -0.0534. The topological polar surface area (TPSA) is 61.8 Å². The summed E-state index contributed by atoms with van der Waals surface area (Å²) < 4.78 is 5.39. The minimum Gasteiger partial charge on any atom is -0.394 e. The van der Waals surface area contributed by atoms with Crippen LogP contribution in [-0.4, -0.2) is 55.5 Å². The molecule has 2 N–H and O–H groups in total. The van der Waals surface area contributed by atoms with Crippen LogP contribution < -0.4 is 5.32 Å². The van der Waals surface area contributed by atoms with Crippen LogP contribution in [0.2, 0.25) is 0 Å². The highest BCUT2D eigenvalue weighted by atomic mass is 16.5. The van der Waals surface area contributed by atoms with Crippen molar-refractivity contribution in [3.05, 3.63) is 0 Å². The number of nitrogens with one attached hydrogen (secondary N) is 1. The van der Waals surface area contributed by atoms with Gasteiger partial charge < -0.3 is 20.1 Å². The van der Waals surface area contributed by atoms with E-state index in [1.165, 1.54) is 0 Å². The number of carbonyl (C=O) groups excluding carboxylic acids is 1. The van der Waals surface area contributed by atoms with Crippen LogP contribution in [0.3, 0.4) is 0 Å². The molecule has 0 radical (unpaired) electrons. The van der Waals surface area contributed by atoms with Gasteiger partial charge in [0.2, 0.25) is 0 Å². The SMILES string of the molecule is CNC(=O)N1CCCC(OCCO)C1. The van der Waals surface area contributed by atoms with Gasteiger partial charge in [-0.2, -0.15) is 0 Å². The molecule has 1 unspecified atom stereocenters. The number of aliphatic hydroxyl groups excluding tert-OH is 1. The largest absolute Gasteiger partial charge is 0.394 e. The summed E-state index contributed by atoms with van der Waals surface area (Å²) in [5.74, 6) is 0. The van der Waals surface area contributed by atoms with E-state index < -0.39 is 0 Å². The fourth-order valence-electron chi connectivity index (χ4n) is 1.64. The lowest BCUT2D eigenvalue weighted by Gasteiger charge is -2.32. The molecule has 0 saturated carbocycles. The van der Waals surface area contributed by atoms with Crippen LogP contribution in [0.4, 0.5) is 4.79 Å². The molecule has 1 atom stereocenters. The fraction of sp³-hybridized carbons (Fsp3) is 0.889. The van der Waals surface area contributed by atoms with Crippen LogP contribution in [0.1, 0.15) is 12.8 Å². The van der Waals surface area contributed by atoms with Gasteiger partial charge in [-0.25, -0.2) is 4.79 Å². The van der Waals surface area contributed by atoms with Gasteiger partial charge in [0.1, 0.15) is 0 Å². The summed E-state index contributed by atoms with van der Waals surface area (Å²) in [5, 5.41) is 11.2. The van der Waals surface area contributed by atoms with Gasteiger partial charge in [0, 0.05) is 20.1 Å². The second-order valence-corrected chi connectivity index (χ2v) is 3.36. The van der Waals surface area contributed by atoms with Gasteiger partial charge in [-0.1, -0.05) is 0 Å². The Morgan fingerprint density at radius 1 is 1.71 bits per heavy atom. The Morgan fingerprint density at radius 2 is 2.50 bits per heavy atom. The highest BCUT2D eigenvalue weighted by Crippen LogP contribution is 2.12. The molecular formula is C9H18N2O3. The van der Waals surface area contributed by atoms with E-state index >= 15 is 0 Å². The van der Waals surface area contributed by atoms with E-state index in [4.69, 9.17) is 9.84 Å². The summed E-state index contributed by atoms with van der Waals surface area (Å²) in [7, 11) is 1.63. The van der Waals surface area contributed by atoms with Gasteiger partial charge in [-0.3, -0.25) is 0 Å². The standard InChI is InChI=1S/C9H18N2O3/c1-10-9(13)11-4-2-3-8(7-11)14-6-5-12/h8,12H,2-7H2,1H3,(H,10,13). The number of nitrogens with zero attached hydrogens (tertiary/aromatic N) is 1. The monoisotopic (exact) mass is 202 g/mol. The molecule has 0 spiro atoms. The molecule has 0 aliphatic carbocycles. The van der Waals surface area contributed by atoms with Gasteiger partial charge in [0.25, 0.3) is 0 Å². The molecule has 0 aromatic heterocycles. The molecule has 82 valence electrons. The first kappa shape index (κ1) is 11.3. The predicted octanol–water partition coefficient (Wildman–Crippen LogP) is -0.201. The van der Waals surface area contributed by atoms with Gasteiger partial charge >= 0.3 is 6.03 Å². The summed E-state index contributed by atoms with van der Waals surface area (Å²) in [6.07, 6.45) is 2.00. The second-order valence-electron chi connectivity index (χ2n) is 3.36. The minimum absolute atomic E-state index is 0.0382. The van der Waals surface area contributed by atoms with E-state index in [0.29, 0.717) is 13.2 Å². The zero-order valence-electron chi connectivity index (χ0n) is 8.53. The molecule has 5 heteroatoms. The Balaban J connectivity index is 2.31. The normalized spacial score (nSPS) is 22.1. The second kappa shape index (κ2) is 5.82. The number of ether oxygens (including phenoxy) is 1. The lowest BCUT2D eigenvalue weighted by Crippen LogP contribution is -2.46. The molecule has 1 aliphatic rings. The molecule has 1 saturated heterocycles. The Kier molecular flexibility index (Phi) is 4.69. The first-order valence-corrected chi connectivity index (χ1v) is 4.97. The first-order chi connectivity index (χ1) is 6.77. The van der Waals surface area contributed by atoms with Crippen molar-refractivity contribution in [1.82, 2.24) is 10.2 Å². The molecule has 1 heterocycles. The van der Waals surface area contributed by atoms with Gasteiger partial charge in [0.15, 0.2) is 0 Å². The Labute approximate surface area is 84.0 Å². The number of hydrogen-bond acceptors (Lipinski definition) is 3. The number of piperidine rings is 1. The zero-order valence-corrected chi connectivity index (χ0v) is 8.53. The van der Waals surface area contributed by atoms with Crippen LogP contribution in [0.25, 0.3) is 0 Å². The maximum absolute atomic E-state index is 11.3. The van der Waals surface area contributed by atoms with E-state index in [9.17, 15) is 4.79 Å². The van der Waals surface area contributed by atoms with E-state index in [1.54, 1.807) is 11.9 Å². The van der Waals surface area contributed by atoms with Crippen molar-refractivity contribution in [2.45, 2.75) is 18.9 Å². The van der Waals surface area contributed by atoms with Crippen LogP contribution in [-0.2, 0) is 4.74 Å². The number of hydrogen-bond donors (Lipinski definition) is 2. The molecule has 1 aliphatic heterocycles. The number of rotatable bonds is 3. The molecule has 0 aromatic rings. The molecule has 0 bridgehead atoms. The average Bonchev–Trinajstić information content (AvgIpc) is 2.25. The molecule has 1 rings (SSSR count). The number of urea groups is 1. The van der Waals surface area contributed by atoms with Crippen LogP contribution in [0.15, 0.2) is 0 Å². The minimum atomic E-state index is -0.0534. The van der Waals surface area contributed by atoms with Gasteiger partial charge in [0.05, 0.1) is 19.3 Å². The molecule has 5 nitrogen and oxygen atoms in total. The molecule has 14 heavy (non-hydrogen) atoms. The van der Waals surface area contributed by atoms with Crippen molar-refractivity contribution < 1.29 is 14.6 Å². The van der Waals surface area contributed by atoms with E-state index in [2.05, 4.69) is 5.32 Å². The third kappa shape index (κ3) is 3.16. The van der Waals surface area contributed by atoms with Crippen molar-refractivity contribution in [2.75, 3.05) is 33.4 Å². The Bertz CT molecular complexity index is 187. The van der Waals surface area contributed by atoms with Crippen LogP contribution in [0, 0.1) is 0 Å². The number of carbonyl (C=O) groups is 1. The lowest BCUT2D eigenvalue weighted by atomic mass is 10.1.